The summed E-state index contributed by atoms with van der Waals surface area (Å²) in [6.45, 7) is 4.66. The average molecular weight is 299 g/mol. The molecule has 22 heavy (non-hydrogen) atoms. The van der Waals surface area contributed by atoms with Crippen molar-refractivity contribution in [1.82, 2.24) is 0 Å². The number of hydrogen-bond acceptors (Lipinski definition) is 1. The van der Waals surface area contributed by atoms with Gasteiger partial charge in [0, 0.05) is 5.56 Å². The number of carbonyl (C=O) groups excluding carboxylic acids is 1. The van der Waals surface area contributed by atoms with E-state index in [2.05, 4.69) is 26.0 Å². The van der Waals surface area contributed by atoms with E-state index >= 15 is 0 Å². The monoisotopic (exact) mass is 299 g/mol. The van der Waals surface area contributed by atoms with Crippen LogP contribution in [-0.4, -0.2) is 5.91 Å². The number of carbonyl (C=O) groups is 1. The highest BCUT2D eigenvalue weighted by Gasteiger charge is 2.47. The molecule has 120 valence electrons. The lowest BCUT2D eigenvalue weighted by Crippen LogP contribution is -2.45. The second-order valence-corrected chi connectivity index (χ2v) is 7.47. The van der Waals surface area contributed by atoms with Crippen LogP contribution in [0.3, 0.4) is 0 Å². The largest absolute Gasteiger partial charge is 0.366 e. The van der Waals surface area contributed by atoms with Crippen LogP contribution in [0.5, 0.6) is 0 Å². The molecule has 0 spiro atoms. The molecule has 0 radical (unpaired) electrons. The molecule has 0 saturated heterocycles. The van der Waals surface area contributed by atoms with Crippen LogP contribution in [0.1, 0.15) is 80.3 Å². The Hall–Kier alpha value is -1.31. The van der Waals surface area contributed by atoms with Gasteiger partial charge >= 0.3 is 0 Å². The summed E-state index contributed by atoms with van der Waals surface area (Å²) in [5, 5.41) is 0. The lowest BCUT2D eigenvalue weighted by atomic mass is 9.53. The molecule has 0 bridgehead atoms. The van der Waals surface area contributed by atoms with Gasteiger partial charge in [0.1, 0.15) is 0 Å². The zero-order valence-corrected chi connectivity index (χ0v) is 14.0. The van der Waals surface area contributed by atoms with Crippen molar-refractivity contribution in [2.24, 2.45) is 17.6 Å². The highest BCUT2D eigenvalue weighted by Crippen LogP contribution is 2.55. The van der Waals surface area contributed by atoms with E-state index in [0.29, 0.717) is 11.0 Å². The lowest BCUT2D eigenvalue weighted by Gasteiger charge is -2.52. The van der Waals surface area contributed by atoms with Crippen molar-refractivity contribution in [3.05, 3.63) is 34.9 Å². The van der Waals surface area contributed by atoms with E-state index < -0.39 is 0 Å². The zero-order valence-electron chi connectivity index (χ0n) is 14.0. The standard InChI is InChI=1S/C20H29NO/c1-3-15-9-10-16(19(21)22)13-18(15)20-11-5-4-8-17(20)14(2)7-6-12-20/h9-10,13-14,17H,3-8,11-12H2,1-2H3,(H2,21,22)/t14-,17?,20?/m0/s1. The second-order valence-electron chi connectivity index (χ2n) is 7.47. The van der Waals surface area contributed by atoms with E-state index in [1.807, 2.05) is 6.07 Å². The topological polar surface area (TPSA) is 43.1 Å². The number of primary amides is 1. The quantitative estimate of drug-likeness (QED) is 0.871. The highest BCUT2D eigenvalue weighted by molar-refractivity contribution is 5.93. The van der Waals surface area contributed by atoms with Crippen molar-refractivity contribution >= 4 is 5.91 Å². The van der Waals surface area contributed by atoms with Crippen molar-refractivity contribution < 1.29 is 4.79 Å². The third-order valence-corrected chi connectivity index (χ3v) is 6.38. The third-order valence-electron chi connectivity index (χ3n) is 6.38. The van der Waals surface area contributed by atoms with Crippen LogP contribution >= 0.6 is 0 Å². The fourth-order valence-electron chi connectivity index (χ4n) is 5.32. The average Bonchev–Trinajstić information content (AvgIpc) is 2.54. The summed E-state index contributed by atoms with van der Waals surface area (Å²) in [6, 6.07) is 6.19. The van der Waals surface area contributed by atoms with Crippen LogP contribution in [0.15, 0.2) is 18.2 Å². The third kappa shape index (κ3) is 2.47. The summed E-state index contributed by atoms with van der Waals surface area (Å²) in [7, 11) is 0. The van der Waals surface area contributed by atoms with Crippen LogP contribution < -0.4 is 5.73 Å². The van der Waals surface area contributed by atoms with Crippen molar-refractivity contribution in [2.45, 2.75) is 70.6 Å². The molecule has 2 saturated carbocycles. The van der Waals surface area contributed by atoms with Crippen LogP contribution in [-0.2, 0) is 11.8 Å². The zero-order chi connectivity index (χ0) is 15.7. The summed E-state index contributed by atoms with van der Waals surface area (Å²) in [5.41, 5.74) is 9.41. The Morgan fingerprint density at radius 3 is 2.73 bits per heavy atom. The smallest absolute Gasteiger partial charge is 0.248 e. The van der Waals surface area contributed by atoms with Crippen LogP contribution in [0, 0.1) is 11.8 Å². The molecule has 0 aliphatic heterocycles. The molecule has 3 atom stereocenters. The first-order chi connectivity index (χ1) is 10.6. The Morgan fingerprint density at radius 1 is 1.23 bits per heavy atom. The van der Waals surface area contributed by atoms with Gasteiger partial charge in [0.05, 0.1) is 0 Å². The fourth-order valence-corrected chi connectivity index (χ4v) is 5.32. The van der Waals surface area contributed by atoms with E-state index in [1.54, 1.807) is 0 Å². The van der Waals surface area contributed by atoms with E-state index in [9.17, 15) is 4.79 Å². The Kier molecular flexibility index (Phi) is 4.29. The molecule has 2 fully saturated rings. The van der Waals surface area contributed by atoms with Crippen LogP contribution in [0.4, 0.5) is 0 Å². The summed E-state index contributed by atoms with van der Waals surface area (Å²) in [6.07, 6.45) is 10.3. The SMILES string of the molecule is CCc1ccc(C(N)=O)cc1C12CCCCC1[C@@H](C)CCC2. The number of amides is 1. The predicted octanol–water partition coefficient (Wildman–Crippen LogP) is 4.60. The molecular weight excluding hydrogens is 270 g/mol. The maximum Gasteiger partial charge on any atom is 0.248 e. The van der Waals surface area contributed by atoms with E-state index in [1.165, 1.54) is 56.1 Å². The molecule has 2 N–H and O–H groups in total. The summed E-state index contributed by atoms with van der Waals surface area (Å²) in [4.78, 5) is 11.7. The molecule has 0 aromatic heterocycles. The molecular formula is C20H29NO. The predicted molar refractivity (Wildman–Crippen MR) is 91.0 cm³/mol. The van der Waals surface area contributed by atoms with Gasteiger partial charge in [-0.2, -0.15) is 0 Å². The van der Waals surface area contributed by atoms with Gasteiger partial charge in [-0.05, 0) is 66.2 Å². The molecule has 2 aliphatic rings. The van der Waals surface area contributed by atoms with Gasteiger partial charge in [-0.15, -0.1) is 0 Å². The Morgan fingerprint density at radius 2 is 2.00 bits per heavy atom. The lowest BCUT2D eigenvalue weighted by molar-refractivity contribution is 0.0744. The van der Waals surface area contributed by atoms with Gasteiger partial charge in [-0.25, -0.2) is 0 Å². The number of fused-ring (bicyclic) bond motifs is 1. The van der Waals surface area contributed by atoms with E-state index in [0.717, 1.165) is 18.3 Å². The van der Waals surface area contributed by atoms with E-state index in [-0.39, 0.29) is 5.91 Å². The number of benzene rings is 1. The van der Waals surface area contributed by atoms with E-state index in [4.69, 9.17) is 5.73 Å². The highest BCUT2D eigenvalue weighted by atomic mass is 16.1. The molecule has 1 amide bonds. The van der Waals surface area contributed by atoms with Gasteiger partial charge in [0.15, 0.2) is 0 Å². The Balaban J connectivity index is 2.13. The van der Waals surface area contributed by atoms with Gasteiger partial charge in [-0.3, -0.25) is 4.79 Å². The second kappa shape index (κ2) is 6.06. The number of nitrogens with two attached hydrogens (primary N) is 1. The fraction of sp³-hybridized carbons (Fsp3) is 0.650. The molecule has 2 unspecified atom stereocenters. The van der Waals surface area contributed by atoms with Crippen LogP contribution in [0.2, 0.25) is 0 Å². The number of aryl methyl sites for hydroxylation is 1. The Labute approximate surface area is 134 Å². The maximum atomic E-state index is 11.7. The van der Waals surface area contributed by atoms with Crippen molar-refractivity contribution in [3.63, 3.8) is 0 Å². The van der Waals surface area contributed by atoms with Crippen molar-refractivity contribution in [1.29, 1.82) is 0 Å². The molecule has 2 aliphatic carbocycles. The van der Waals surface area contributed by atoms with Gasteiger partial charge in [0.25, 0.3) is 0 Å². The van der Waals surface area contributed by atoms with Gasteiger partial charge in [0.2, 0.25) is 5.91 Å². The minimum atomic E-state index is -0.295. The van der Waals surface area contributed by atoms with Crippen LogP contribution in [0.25, 0.3) is 0 Å². The molecule has 0 heterocycles. The molecule has 1 aromatic rings. The number of rotatable bonds is 3. The first kappa shape index (κ1) is 15.6. The van der Waals surface area contributed by atoms with Gasteiger partial charge < -0.3 is 5.73 Å². The first-order valence-electron chi connectivity index (χ1n) is 9.01. The Bertz CT molecular complexity index is 561. The minimum Gasteiger partial charge on any atom is -0.366 e. The maximum absolute atomic E-state index is 11.7. The van der Waals surface area contributed by atoms with Gasteiger partial charge in [-0.1, -0.05) is 45.6 Å². The summed E-state index contributed by atoms with van der Waals surface area (Å²) in [5.74, 6) is 1.29. The minimum absolute atomic E-state index is 0.295. The van der Waals surface area contributed by atoms with Crippen molar-refractivity contribution in [2.75, 3.05) is 0 Å². The summed E-state index contributed by atoms with van der Waals surface area (Å²) >= 11 is 0. The normalized spacial score (nSPS) is 31.5. The molecule has 3 rings (SSSR count). The van der Waals surface area contributed by atoms with Crippen molar-refractivity contribution in [3.8, 4) is 0 Å². The molecule has 1 aromatic carbocycles. The first-order valence-corrected chi connectivity index (χ1v) is 9.01. The summed E-state index contributed by atoms with van der Waals surface area (Å²) < 4.78 is 0. The number of hydrogen-bond donors (Lipinski definition) is 1. The molecule has 2 nitrogen and oxygen atoms in total. The molecule has 2 heteroatoms.